The average Bonchev–Trinajstić information content (AvgIpc) is 3.55. The van der Waals surface area contributed by atoms with Crippen LogP contribution in [-0.4, -0.2) is 38.0 Å². The second-order valence-electron chi connectivity index (χ2n) is 7.34. The summed E-state index contributed by atoms with van der Waals surface area (Å²) in [4.78, 5) is 6.78. The Hall–Kier alpha value is -3.07. The molecule has 1 saturated heterocycles. The van der Waals surface area contributed by atoms with E-state index in [1.165, 1.54) is 18.4 Å². The standard InChI is InChI=1S/C21H22N6O2S/c1-14-7-9-16(10-8-14)27-20(26-11-3-4-12-26)23-24-21(27)30-15(2)19-22-18(25-29-19)17-6-5-13-28-17/h5-10,13,15H,3-4,11-12H2,1-2H3/t15-/m0/s1. The maximum atomic E-state index is 5.48. The van der Waals surface area contributed by atoms with E-state index in [2.05, 4.69) is 61.0 Å². The van der Waals surface area contributed by atoms with Gasteiger partial charge in [0.1, 0.15) is 0 Å². The number of hydrogen-bond acceptors (Lipinski definition) is 8. The first-order valence-corrected chi connectivity index (χ1v) is 10.9. The highest BCUT2D eigenvalue weighted by Crippen LogP contribution is 2.37. The first kappa shape index (κ1) is 18.9. The van der Waals surface area contributed by atoms with Crippen LogP contribution in [0.4, 0.5) is 5.95 Å². The molecule has 4 aromatic rings. The van der Waals surface area contributed by atoms with E-state index in [0.717, 1.165) is 29.9 Å². The van der Waals surface area contributed by atoms with Crippen molar-refractivity contribution in [1.29, 1.82) is 0 Å². The molecule has 1 aliphatic rings. The van der Waals surface area contributed by atoms with Crippen molar-refractivity contribution in [2.45, 2.75) is 37.1 Å². The SMILES string of the molecule is Cc1ccc(-n2c(S[C@@H](C)c3nc(-c4ccco4)no3)nnc2N2CCCC2)cc1. The molecule has 0 N–H and O–H groups in total. The lowest BCUT2D eigenvalue weighted by atomic mass is 10.2. The Bertz CT molecular complexity index is 1110. The van der Waals surface area contributed by atoms with Gasteiger partial charge in [-0.15, -0.1) is 10.2 Å². The molecule has 0 unspecified atom stereocenters. The van der Waals surface area contributed by atoms with Crippen LogP contribution in [0.3, 0.4) is 0 Å². The number of hydrogen-bond donors (Lipinski definition) is 0. The van der Waals surface area contributed by atoms with Crippen LogP contribution in [0.1, 0.15) is 36.5 Å². The minimum Gasteiger partial charge on any atom is -0.461 e. The number of furan rings is 1. The van der Waals surface area contributed by atoms with Crippen molar-refractivity contribution in [3.05, 3.63) is 54.1 Å². The molecule has 0 radical (unpaired) electrons. The second-order valence-corrected chi connectivity index (χ2v) is 8.65. The first-order valence-electron chi connectivity index (χ1n) is 10.0. The number of nitrogens with zero attached hydrogens (tertiary/aromatic N) is 6. The number of benzene rings is 1. The quantitative estimate of drug-likeness (QED) is 0.414. The third-order valence-electron chi connectivity index (χ3n) is 5.11. The zero-order valence-corrected chi connectivity index (χ0v) is 17.7. The molecular weight excluding hydrogens is 400 g/mol. The normalized spacial score (nSPS) is 15.1. The molecule has 1 atom stereocenters. The Kier molecular flexibility index (Phi) is 5.04. The molecule has 4 heterocycles. The molecule has 154 valence electrons. The molecule has 0 bridgehead atoms. The lowest BCUT2D eigenvalue weighted by Crippen LogP contribution is -2.22. The third kappa shape index (κ3) is 3.60. The Labute approximate surface area is 178 Å². The van der Waals surface area contributed by atoms with E-state index in [4.69, 9.17) is 8.94 Å². The topological polar surface area (TPSA) is 86.0 Å². The molecule has 5 rings (SSSR count). The van der Waals surface area contributed by atoms with Crippen molar-refractivity contribution in [3.63, 3.8) is 0 Å². The van der Waals surface area contributed by atoms with Crippen molar-refractivity contribution in [2.75, 3.05) is 18.0 Å². The zero-order chi connectivity index (χ0) is 20.5. The van der Waals surface area contributed by atoms with Crippen LogP contribution in [0.2, 0.25) is 0 Å². The van der Waals surface area contributed by atoms with Crippen molar-refractivity contribution in [2.24, 2.45) is 0 Å². The van der Waals surface area contributed by atoms with Gasteiger partial charge in [-0.1, -0.05) is 34.6 Å². The van der Waals surface area contributed by atoms with Gasteiger partial charge in [-0.25, -0.2) is 0 Å². The molecule has 9 heteroatoms. The van der Waals surface area contributed by atoms with Crippen LogP contribution < -0.4 is 4.90 Å². The highest BCUT2D eigenvalue weighted by Gasteiger charge is 2.25. The monoisotopic (exact) mass is 422 g/mol. The number of rotatable bonds is 6. The summed E-state index contributed by atoms with van der Waals surface area (Å²) >= 11 is 1.55. The van der Waals surface area contributed by atoms with Gasteiger partial charge in [0.15, 0.2) is 10.9 Å². The zero-order valence-electron chi connectivity index (χ0n) is 16.9. The maximum Gasteiger partial charge on any atom is 0.240 e. The van der Waals surface area contributed by atoms with E-state index in [-0.39, 0.29) is 5.25 Å². The largest absolute Gasteiger partial charge is 0.461 e. The summed E-state index contributed by atoms with van der Waals surface area (Å²) in [5.41, 5.74) is 2.26. The fraction of sp³-hybridized carbons (Fsp3) is 0.333. The Morgan fingerprint density at radius 3 is 2.60 bits per heavy atom. The molecule has 0 saturated carbocycles. The molecule has 0 spiro atoms. The Morgan fingerprint density at radius 1 is 1.07 bits per heavy atom. The smallest absolute Gasteiger partial charge is 0.240 e. The van der Waals surface area contributed by atoms with Crippen LogP contribution >= 0.6 is 11.8 Å². The molecule has 1 aromatic carbocycles. The van der Waals surface area contributed by atoms with Crippen molar-refractivity contribution < 1.29 is 8.94 Å². The Balaban J connectivity index is 1.45. The van der Waals surface area contributed by atoms with Gasteiger partial charge < -0.3 is 13.8 Å². The Morgan fingerprint density at radius 2 is 1.87 bits per heavy atom. The van der Waals surface area contributed by atoms with Crippen molar-refractivity contribution in [1.82, 2.24) is 24.9 Å². The van der Waals surface area contributed by atoms with Gasteiger partial charge in [0.2, 0.25) is 17.7 Å². The van der Waals surface area contributed by atoms with Crippen molar-refractivity contribution >= 4 is 17.7 Å². The third-order valence-corrected chi connectivity index (χ3v) is 6.14. The lowest BCUT2D eigenvalue weighted by Gasteiger charge is -2.19. The molecule has 3 aromatic heterocycles. The van der Waals surface area contributed by atoms with Gasteiger partial charge in [-0.3, -0.25) is 4.57 Å². The van der Waals surface area contributed by atoms with Crippen LogP contribution in [-0.2, 0) is 0 Å². The van der Waals surface area contributed by atoms with Gasteiger partial charge in [0.25, 0.3) is 0 Å². The van der Waals surface area contributed by atoms with E-state index in [9.17, 15) is 0 Å². The molecule has 0 amide bonds. The highest BCUT2D eigenvalue weighted by atomic mass is 32.2. The van der Waals surface area contributed by atoms with Gasteiger partial charge in [0.05, 0.1) is 17.2 Å². The van der Waals surface area contributed by atoms with E-state index in [1.54, 1.807) is 24.1 Å². The minimum atomic E-state index is -0.0963. The minimum absolute atomic E-state index is 0.0963. The molecule has 0 aliphatic carbocycles. The molecule has 8 nitrogen and oxygen atoms in total. The molecule has 1 aliphatic heterocycles. The summed E-state index contributed by atoms with van der Waals surface area (Å²) in [6, 6.07) is 12.0. The average molecular weight is 423 g/mol. The van der Waals surface area contributed by atoms with Crippen LogP contribution in [0.25, 0.3) is 17.3 Å². The van der Waals surface area contributed by atoms with Crippen LogP contribution in [0.15, 0.2) is 56.8 Å². The van der Waals surface area contributed by atoms with E-state index < -0.39 is 0 Å². The highest BCUT2D eigenvalue weighted by molar-refractivity contribution is 7.99. The predicted molar refractivity (Wildman–Crippen MR) is 114 cm³/mol. The number of aromatic nitrogens is 5. The second kappa shape index (κ2) is 7.98. The summed E-state index contributed by atoms with van der Waals surface area (Å²) in [6.45, 7) is 6.11. The van der Waals surface area contributed by atoms with Crippen LogP contribution in [0, 0.1) is 6.92 Å². The van der Waals surface area contributed by atoms with E-state index in [1.807, 2.05) is 13.0 Å². The summed E-state index contributed by atoms with van der Waals surface area (Å²) in [5.74, 6) is 2.43. The molecule has 1 fully saturated rings. The van der Waals surface area contributed by atoms with Gasteiger partial charge in [-0.2, -0.15) is 4.98 Å². The number of thioether (sulfide) groups is 1. The number of aryl methyl sites for hydroxylation is 1. The van der Waals surface area contributed by atoms with Gasteiger partial charge in [-0.05, 0) is 51.0 Å². The summed E-state index contributed by atoms with van der Waals surface area (Å²) < 4.78 is 13.0. The van der Waals surface area contributed by atoms with Gasteiger partial charge >= 0.3 is 0 Å². The fourth-order valence-electron chi connectivity index (χ4n) is 3.50. The van der Waals surface area contributed by atoms with Gasteiger partial charge in [0, 0.05) is 13.1 Å². The molecule has 30 heavy (non-hydrogen) atoms. The predicted octanol–water partition coefficient (Wildman–Crippen LogP) is 4.67. The number of anilines is 1. The summed E-state index contributed by atoms with van der Waals surface area (Å²) in [6.07, 6.45) is 3.95. The summed E-state index contributed by atoms with van der Waals surface area (Å²) in [5, 5.41) is 13.8. The van der Waals surface area contributed by atoms with E-state index in [0.29, 0.717) is 17.5 Å². The molecular formula is C21H22N6O2S. The van der Waals surface area contributed by atoms with Crippen LogP contribution in [0.5, 0.6) is 0 Å². The summed E-state index contributed by atoms with van der Waals surface area (Å²) in [7, 11) is 0. The lowest BCUT2D eigenvalue weighted by molar-refractivity contribution is 0.379. The maximum absolute atomic E-state index is 5.48. The fourth-order valence-corrected chi connectivity index (χ4v) is 4.39. The van der Waals surface area contributed by atoms with E-state index >= 15 is 0 Å². The van der Waals surface area contributed by atoms with Crippen molar-refractivity contribution in [3.8, 4) is 17.3 Å². The first-order chi connectivity index (χ1) is 14.7.